The zero-order valence-electron chi connectivity index (χ0n) is 19.8. The molecule has 0 radical (unpaired) electrons. The molecule has 4 rings (SSSR count). The Bertz CT molecular complexity index is 1400. The lowest BCUT2D eigenvalue weighted by Gasteiger charge is -2.21. The highest BCUT2D eigenvalue weighted by Crippen LogP contribution is 2.24. The van der Waals surface area contributed by atoms with Crippen molar-refractivity contribution in [3.8, 4) is 16.9 Å². The SMILES string of the molecule is CCCN(CCC)C(=O)Cc1csc2nc(C)c(-c3cc(C)n(-c4ccccc4F)n3)c(=O)n12. The Kier molecular flexibility index (Phi) is 6.92. The number of aryl methyl sites for hydroxylation is 2. The normalized spacial score (nSPS) is 11.3. The smallest absolute Gasteiger partial charge is 0.268 e. The molecule has 1 aromatic carbocycles. The minimum Gasteiger partial charge on any atom is -0.342 e. The zero-order chi connectivity index (χ0) is 24.4. The molecule has 3 aromatic heterocycles. The highest BCUT2D eigenvalue weighted by atomic mass is 32.1. The Morgan fingerprint density at radius 3 is 2.53 bits per heavy atom. The van der Waals surface area contributed by atoms with E-state index in [9.17, 15) is 14.0 Å². The Morgan fingerprint density at radius 2 is 1.85 bits per heavy atom. The van der Waals surface area contributed by atoms with E-state index in [4.69, 9.17) is 0 Å². The van der Waals surface area contributed by atoms with Gasteiger partial charge in [-0.2, -0.15) is 5.10 Å². The van der Waals surface area contributed by atoms with Crippen LogP contribution in [0.4, 0.5) is 4.39 Å². The number of carbonyl (C=O) groups is 1. The van der Waals surface area contributed by atoms with Crippen LogP contribution in [0, 0.1) is 19.7 Å². The van der Waals surface area contributed by atoms with Gasteiger partial charge in [0.1, 0.15) is 17.2 Å². The van der Waals surface area contributed by atoms with E-state index in [1.807, 2.05) is 31.1 Å². The van der Waals surface area contributed by atoms with E-state index in [2.05, 4.69) is 10.1 Å². The third-order valence-corrected chi connectivity index (χ3v) is 6.59. The lowest BCUT2D eigenvalue weighted by Crippen LogP contribution is -2.34. The zero-order valence-corrected chi connectivity index (χ0v) is 20.7. The summed E-state index contributed by atoms with van der Waals surface area (Å²) in [5.41, 5.74) is 2.66. The molecule has 3 heterocycles. The molecule has 0 saturated heterocycles. The number of hydrogen-bond acceptors (Lipinski definition) is 5. The Balaban J connectivity index is 1.78. The second-order valence-electron chi connectivity index (χ2n) is 8.31. The van der Waals surface area contributed by atoms with Gasteiger partial charge in [0, 0.05) is 29.9 Å². The molecule has 0 saturated carbocycles. The predicted octanol–water partition coefficient (Wildman–Crippen LogP) is 4.56. The molecule has 0 aliphatic carbocycles. The molecule has 0 aliphatic heterocycles. The Morgan fingerprint density at radius 1 is 1.15 bits per heavy atom. The largest absolute Gasteiger partial charge is 0.342 e. The van der Waals surface area contributed by atoms with Crippen LogP contribution in [0.15, 0.2) is 40.5 Å². The van der Waals surface area contributed by atoms with Crippen molar-refractivity contribution < 1.29 is 9.18 Å². The molecule has 0 fully saturated rings. The fraction of sp³-hybridized carbons (Fsp3) is 0.360. The number of halogens is 1. The van der Waals surface area contributed by atoms with Crippen molar-refractivity contribution in [2.75, 3.05) is 13.1 Å². The summed E-state index contributed by atoms with van der Waals surface area (Å²) >= 11 is 1.34. The first-order chi connectivity index (χ1) is 16.3. The van der Waals surface area contributed by atoms with Gasteiger partial charge in [0.25, 0.3) is 5.56 Å². The van der Waals surface area contributed by atoms with E-state index >= 15 is 0 Å². The number of amides is 1. The van der Waals surface area contributed by atoms with Crippen LogP contribution in [0.1, 0.15) is 43.8 Å². The van der Waals surface area contributed by atoms with Crippen LogP contribution in [-0.2, 0) is 11.2 Å². The molecule has 4 aromatic rings. The van der Waals surface area contributed by atoms with Crippen LogP contribution < -0.4 is 5.56 Å². The first kappa shape index (κ1) is 23.8. The second kappa shape index (κ2) is 9.89. The summed E-state index contributed by atoms with van der Waals surface area (Å²) in [6.45, 7) is 9.05. The summed E-state index contributed by atoms with van der Waals surface area (Å²) in [7, 11) is 0. The van der Waals surface area contributed by atoms with Gasteiger partial charge in [-0.05, 0) is 44.9 Å². The highest BCUT2D eigenvalue weighted by molar-refractivity contribution is 7.15. The van der Waals surface area contributed by atoms with Gasteiger partial charge >= 0.3 is 0 Å². The topological polar surface area (TPSA) is 72.5 Å². The number of fused-ring (bicyclic) bond motifs is 1. The summed E-state index contributed by atoms with van der Waals surface area (Å²) in [5, 5.41) is 6.37. The summed E-state index contributed by atoms with van der Waals surface area (Å²) in [6, 6.07) is 8.13. The van der Waals surface area contributed by atoms with Crippen molar-refractivity contribution in [1.82, 2.24) is 24.1 Å². The van der Waals surface area contributed by atoms with Crippen LogP contribution in [0.25, 0.3) is 21.9 Å². The van der Waals surface area contributed by atoms with Crippen molar-refractivity contribution in [2.45, 2.75) is 47.0 Å². The summed E-state index contributed by atoms with van der Waals surface area (Å²) in [4.78, 5) is 33.6. The van der Waals surface area contributed by atoms with Crippen molar-refractivity contribution >= 4 is 22.2 Å². The van der Waals surface area contributed by atoms with Crippen LogP contribution in [0.2, 0.25) is 0 Å². The molecule has 178 valence electrons. The molecular formula is C25H28FN5O2S. The van der Waals surface area contributed by atoms with Crippen molar-refractivity contribution in [3.63, 3.8) is 0 Å². The fourth-order valence-electron chi connectivity index (χ4n) is 4.16. The number of carbonyl (C=O) groups excluding carboxylic acids is 1. The molecule has 0 aliphatic rings. The van der Waals surface area contributed by atoms with Gasteiger partial charge in [0.15, 0.2) is 4.96 Å². The molecule has 0 spiro atoms. The van der Waals surface area contributed by atoms with Crippen LogP contribution in [-0.4, -0.2) is 43.1 Å². The average Bonchev–Trinajstić information content (AvgIpc) is 3.37. The summed E-state index contributed by atoms with van der Waals surface area (Å²) in [6.07, 6.45) is 1.89. The number of nitrogens with zero attached hydrogens (tertiary/aromatic N) is 5. The van der Waals surface area contributed by atoms with Gasteiger partial charge in [-0.15, -0.1) is 11.3 Å². The number of para-hydroxylation sites is 1. The highest BCUT2D eigenvalue weighted by Gasteiger charge is 2.21. The number of aromatic nitrogens is 4. The van der Waals surface area contributed by atoms with E-state index in [1.165, 1.54) is 26.5 Å². The number of rotatable bonds is 8. The standard InChI is InChI=1S/C25H28FN5O2S/c1-5-11-29(12-6-2)22(32)14-18-15-34-25-27-17(4)23(24(33)30(18)25)20-13-16(3)31(28-20)21-10-8-7-9-19(21)26/h7-10,13,15H,5-6,11-12,14H2,1-4H3. The molecule has 0 atom stereocenters. The number of hydrogen-bond donors (Lipinski definition) is 0. The minimum atomic E-state index is -0.399. The third kappa shape index (κ3) is 4.40. The van der Waals surface area contributed by atoms with Gasteiger partial charge in [-0.3, -0.25) is 14.0 Å². The number of thiazole rings is 1. The molecule has 34 heavy (non-hydrogen) atoms. The summed E-state index contributed by atoms with van der Waals surface area (Å²) in [5.74, 6) is -0.401. The van der Waals surface area contributed by atoms with Crippen molar-refractivity contribution in [3.05, 3.63) is 69.0 Å². The molecule has 9 heteroatoms. The van der Waals surface area contributed by atoms with Gasteiger partial charge in [0.05, 0.1) is 17.7 Å². The molecule has 1 amide bonds. The third-order valence-electron chi connectivity index (χ3n) is 5.72. The minimum absolute atomic E-state index is 0.00269. The summed E-state index contributed by atoms with van der Waals surface area (Å²) < 4.78 is 17.4. The lowest BCUT2D eigenvalue weighted by atomic mass is 10.1. The number of benzene rings is 1. The molecule has 0 N–H and O–H groups in total. The maximum atomic E-state index is 14.4. The Hall–Kier alpha value is -3.33. The van der Waals surface area contributed by atoms with Crippen LogP contribution in [0.5, 0.6) is 0 Å². The van der Waals surface area contributed by atoms with Gasteiger partial charge in [-0.1, -0.05) is 26.0 Å². The van der Waals surface area contributed by atoms with Crippen molar-refractivity contribution in [1.29, 1.82) is 0 Å². The monoisotopic (exact) mass is 481 g/mol. The Labute approximate surface area is 201 Å². The van der Waals surface area contributed by atoms with Gasteiger partial charge < -0.3 is 4.90 Å². The maximum absolute atomic E-state index is 14.4. The van der Waals surface area contributed by atoms with E-state index < -0.39 is 5.82 Å². The van der Waals surface area contributed by atoms with Crippen molar-refractivity contribution in [2.24, 2.45) is 0 Å². The maximum Gasteiger partial charge on any atom is 0.268 e. The van der Waals surface area contributed by atoms with Crippen LogP contribution >= 0.6 is 11.3 Å². The van der Waals surface area contributed by atoms with Crippen LogP contribution in [0.3, 0.4) is 0 Å². The predicted molar refractivity (Wildman–Crippen MR) is 132 cm³/mol. The second-order valence-corrected chi connectivity index (χ2v) is 9.15. The van der Waals surface area contributed by atoms with E-state index in [0.717, 1.165) is 12.8 Å². The average molecular weight is 482 g/mol. The quantitative estimate of drug-likeness (QED) is 0.370. The van der Waals surface area contributed by atoms with E-state index in [-0.39, 0.29) is 17.9 Å². The fourth-order valence-corrected chi connectivity index (χ4v) is 5.08. The molecule has 7 nitrogen and oxygen atoms in total. The molecule has 0 unspecified atom stereocenters. The first-order valence-corrected chi connectivity index (χ1v) is 12.3. The van der Waals surface area contributed by atoms with Gasteiger partial charge in [0.2, 0.25) is 5.91 Å². The lowest BCUT2D eigenvalue weighted by molar-refractivity contribution is -0.130. The molecular weight excluding hydrogens is 453 g/mol. The van der Waals surface area contributed by atoms with E-state index in [1.54, 1.807) is 31.2 Å². The van der Waals surface area contributed by atoms with Gasteiger partial charge in [-0.25, -0.2) is 14.1 Å². The van der Waals surface area contributed by atoms with E-state index in [0.29, 0.717) is 52.1 Å². The molecule has 0 bridgehead atoms. The first-order valence-electron chi connectivity index (χ1n) is 11.4.